The van der Waals surface area contributed by atoms with Gasteiger partial charge < -0.3 is 18.9 Å². The molecular weight excluding hydrogens is 464 g/mol. The fraction of sp³-hybridized carbons (Fsp3) is 0.167. The second-order valence-corrected chi connectivity index (χ2v) is 7.14. The maximum atomic E-state index is 12.4. The van der Waals surface area contributed by atoms with Gasteiger partial charge in [0.2, 0.25) is 0 Å². The third-order valence-corrected chi connectivity index (χ3v) is 4.72. The summed E-state index contributed by atoms with van der Waals surface area (Å²) in [6.07, 6.45) is 0. The molecule has 3 rings (SSSR count). The maximum Gasteiger partial charge on any atom is 0.343 e. The van der Waals surface area contributed by atoms with Crippen LogP contribution in [0.3, 0.4) is 0 Å². The van der Waals surface area contributed by atoms with Gasteiger partial charge in [-0.15, -0.1) is 0 Å². The number of rotatable bonds is 9. The summed E-state index contributed by atoms with van der Waals surface area (Å²) in [6, 6.07) is 20.4. The van der Waals surface area contributed by atoms with Crippen molar-refractivity contribution < 1.29 is 28.5 Å². The molecule has 7 heteroatoms. The van der Waals surface area contributed by atoms with Gasteiger partial charge in [-0.05, 0) is 77.5 Å². The van der Waals surface area contributed by atoms with Crippen molar-refractivity contribution in [2.75, 3.05) is 19.8 Å². The van der Waals surface area contributed by atoms with E-state index < -0.39 is 11.9 Å². The number of carbonyl (C=O) groups is 2. The average molecular weight is 485 g/mol. The van der Waals surface area contributed by atoms with E-state index >= 15 is 0 Å². The molecule has 6 nitrogen and oxygen atoms in total. The third-order valence-electron chi connectivity index (χ3n) is 4.10. The van der Waals surface area contributed by atoms with Crippen LogP contribution in [-0.2, 0) is 4.74 Å². The Bertz CT molecular complexity index is 1020. The predicted octanol–water partition coefficient (Wildman–Crippen LogP) is 5.30. The fourth-order valence-corrected chi connectivity index (χ4v) is 3.11. The Balaban J connectivity index is 1.49. The summed E-state index contributed by atoms with van der Waals surface area (Å²) in [5.74, 6) is 0.682. The molecule has 0 unspecified atom stereocenters. The number of carbonyl (C=O) groups excluding carboxylic acids is 2. The molecule has 0 aromatic heterocycles. The van der Waals surface area contributed by atoms with Crippen molar-refractivity contribution in [3.63, 3.8) is 0 Å². The first-order chi connectivity index (χ1) is 15.1. The largest absolute Gasteiger partial charge is 0.493 e. The highest BCUT2D eigenvalue weighted by Crippen LogP contribution is 2.26. The van der Waals surface area contributed by atoms with Gasteiger partial charge in [0.05, 0.1) is 22.2 Å². The summed E-state index contributed by atoms with van der Waals surface area (Å²) in [4.78, 5) is 24.5. The summed E-state index contributed by atoms with van der Waals surface area (Å²) >= 11 is 3.37. The highest BCUT2D eigenvalue weighted by molar-refractivity contribution is 9.10. The van der Waals surface area contributed by atoms with Gasteiger partial charge in [0.15, 0.2) is 0 Å². The predicted molar refractivity (Wildman–Crippen MR) is 119 cm³/mol. The van der Waals surface area contributed by atoms with E-state index in [1.165, 1.54) is 12.1 Å². The second-order valence-electron chi connectivity index (χ2n) is 6.29. The Hall–Kier alpha value is -3.32. The Morgan fingerprint density at radius 3 is 2.16 bits per heavy atom. The van der Waals surface area contributed by atoms with Crippen molar-refractivity contribution >= 4 is 27.9 Å². The fourth-order valence-electron chi connectivity index (χ4n) is 2.62. The van der Waals surface area contributed by atoms with Crippen LogP contribution in [0.25, 0.3) is 0 Å². The van der Waals surface area contributed by atoms with Gasteiger partial charge in [0.25, 0.3) is 0 Å². The molecule has 3 aromatic rings. The minimum absolute atomic E-state index is 0.122. The van der Waals surface area contributed by atoms with Crippen LogP contribution in [0.2, 0.25) is 0 Å². The molecule has 0 bridgehead atoms. The first-order valence-corrected chi connectivity index (χ1v) is 10.5. The molecule has 0 heterocycles. The SMILES string of the molecule is CCOc1ccc(C(=O)Oc2ccc(C(=O)OCCOc3ccccc3)cc2)cc1Br. The molecule has 0 saturated heterocycles. The quantitative estimate of drug-likeness (QED) is 0.233. The lowest BCUT2D eigenvalue weighted by Crippen LogP contribution is -2.12. The van der Waals surface area contributed by atoms with E-state index in [4.69, 9.17) is 18.9 Å². The molecular formula is C24H21BrO6. The van der Waals surface area contributed by atoms with Gasteiger partial charge in [-0.3, -0.25) is 0 Å². The second kappa shape index (κ2) is 11.2. The summed E-state index contributed by atoms with van der Waals surface area (Å²) < 4.78 is 22.1. The monoisotopic (exact) mass is 484 g/mol. The molecule has 0 atom stereocenters. The number of ether oxygens (including phenoxy) is 4. The zero-order chi connectivity index (χ0) is 22.1. The molecule has 0 amide bonds. The first kappa shape index (κ1) is 22.4. The lowest BCUT2D eigenvalue weighted by molar-refractivity contribution is 0.0450. The third kappa shape index (κ3) is 6.58. The molecule has 0 spiro atoms. The summed E-state index contributed by atoms with van der Waals surface area (Å²) in [5, 5.41) is 0. The van der Waals surface area contributed by atoms with Gasteiger partial charge in [0.1, 0.15) is 30.5 Å². The minimum Gasteiger partial charge on any atom is -0.493 e. The molecule has 0 aliphatic rings. The molecule has 0 aliphatic heterocycles. The topological polar surface area (TPSA) is 71.1 Å². The zero-order valence-corrected chi connectivity index (χ0v) is 18.5. The number of halogens is 1. The molecule has 0 fully saturated rings. The number of hydrogen-bond donors (Lipinski definition) is 0. The normalized spacial score (nSPS) is 10.3. The van der Waals surface area contributed by atoms with Gasteiger partial charge in [0, 0.05) is 0 Å². The highest BCUT2D eigenvalue weighted by atomic mass is 79.9. The van der Waals surface area contributed by atoms with Crippen molar-refractivity contribution in [1.82, 2.24) is 0 Å². The maximum absolute atomic E-state index is 12.4. The van der Waals surface area contributed by atoms with Crippen molar-refractivity contribution in [1.29, 1.82) is 0 Å². The molecule has 160 valence electrons. The first-order valence-electron chi connectivity index (χ1n) is 9.66. The van der Waals surface area contributed by atoms with E-state index in [9.17, 15) is 9.59 Å². The number of hydrogen-bond acceptors (Lipinski definition) is 6. The van der Waals surface area contributed by atoms with Gasteiger partial charge in [-0.1, -0.05) is 18.2 Å². The Kier molecular flexibility index (Phi) is 8.06. The molecule has 0 radical (unpaired) electrons. The van der Waals surface area contributed by atoms with Crippen LogP contribution in [0.15, 0.2) is 77.3 Å². The summed E-state index contributed by atoms with van der Waals surface area (Å²) in [6.45, 7) is 2.78. The minimum atomic E-state index is -0.517. The van der Waals surface area contributed by atoms with Crippen LogP contribution in [0, 0.1) is 0 Å². The summed E-state index contributed by atoms with van der Waals surface area (Å²) in [7, 11) is 0. The molecule has 31 heavy (non-hydrogen) atoms. The number of para-hydroxylation sites is 1. The van der Waals surface area contributed by atoms with Crippen LogP contribution in [0.5, 0.6) is 17.2 Å². The van der Waals surface area contributed by atoms with E-state index in [1.807, 2.05) is 37.3 Å². The Labute approximate surface area is 188 Å². The van der Waals surface area contributed by atoms with E-state index in [0.29, 0.717) is 39.5 Å². The van der Waals surface area contributed by atoms with Gasteiger partial charge >= 0.3 is 11.9 Å². The molecule has 3 aromatic carbocycles. The van der Waals surface area contributed by atoms with Crippen LogP contribution in [0.1, 0.15) is 27.6 Å². The number of benzene rings is 3. The number of esters is 2. The van der Waals surface area contributed by atoms with Crippen LogP contribution < -0.4 is 14.2 Å². The molecule has 0 N–H and O–H groups in total. The Morgan fingerprint density at radius 2 is 1.48 bits per heavy atom. The van der Waals surface area contributed by atoms with E-state index in [0.717, 1.165) is 0 Å². The van der Waals surface area contributed by atoms with E-state index in [-0.39, 0.29) is 13.2 Å². The highest BCUT2D eigenvalue weighted by Gasteiger charge is 2.13. The van der Waals surface area contributed by atoms with Crippen LogP contribution in [0.4, 0.5) is 0 Å². The van der Waals surface area contributed by atoms with Crippen molar-refractivity contribution in [3.8, 4) is 17.2 Å². The van der Waals surface area contributed by atoms with Crippen molar-refractivity contribution in [3.05, 3.63) is 88.4 Å². The summed E-state index contributed by atoms with van der Waals surface area (Å²) in [5.41, 5.74) is 0.723. The molecule has 0 aliphatic carbocycles. The van der Waals surface area contributed by atoms with Crippen molar-refractivity contribution in [2.24, 2.45) is 0 Å². The molecule has 0 saturated carbocycles. The Morgan fingerprint density at radius 1 is 0.774 bits per heavy atom. The lowest BCUT2D eigenvalue weighted by Gasteiger charge is -2.09. The van der Waals surface area contributed by atoms with E-state index in [2.05, 4.69) is 15.9 Å². The van der Waals surface area contributed by atoms with Crippen LogP contribution in [-0.4, -0.2) is 31.8 Å². The standard InChI is InChI=1S/C24H21BrO6/c1-2-28-22-13-10-18(16-21(22)25)24(27)31-20-11-8-17(9-12-20)23(26)30-15-14-29-19-6-4-3-5-7-19/h3-13,16H,2,14-15H2,1H3. The average Bonchev–Trinajstić information content (AvgIpc) is 2.79. The van der Waals surface area contributed by atoms with E-state index in [1.54, 1.807) is 30.3 Å². The zero-order valence-electron chi connectivity index (χ0n) is 16.9. The van der Waals surface area contributed by atoms with Crippen molar-refractivity contribution in [2.45, 2.75) is 6.92 Å². The van der Waals surface area contributed by atoms with Crippen LogP contribution >= 0.6 is 15.9 Å². The van der Waals surface area contributed by atoms with Gasteiger partial charge in [-0.25, -0.2) is 9.59 Å². The lowest BCUT2D eigenvalue weighted by atomic mass is 10.2. The van der Waals surface area contributed by atoms with Gasteiger partial charge in [-0.2, -0.15) is 0 Å². The smallest absolute Gasteiger partial charge is 0.343 e.